The fraction of sp³-hybridized carbons (Fsp3) is 0.250. The van der Waals surface area contributed by atoms with Gasteiger partial charge in [0.05, 0.1) is 30.4 Å². The maximum Gasteiger partial charge on any atom is 0.271 e. The molecule has 5 nitrogen and oxygen atoms in total. The van der Waals surface area contributed by atoms with Crippen molar-refractivity contribution in [3.05, 3.63) is 66.0 Å². The average molecular weight is 335 g/mol. The zero-order chi connectivity index (χ0) is 17.8. The lowest BCUT2D eigenvalue weighted by Gasteiger charge is -2.23. The summed E-state index contributed by atoms with van der Waals surface area (Å²) in [6.07, 6.45) is 1.52. The Hall–Kier alpha value is -2.95. The highest BCUT2D eigenvalue weighted by Gasteiger charge is 2.20. The van der Waals surface area contributed by atoms with Gasteiger partial charge in [-0.2, -0.15) is 0 Å². The van der Waals surface area contributed by atoms with Crippen molar-refractivity contribution in [3.8, 4) is 5.75 Å². The van der Waals surface area contributed by atoms with E-state index < -0.39 is 0 Å². The number of hydrogen-bond acceptors (Lipinski definition) is 4. The van der Waals surface area contributed by atoms with Gasteiger partial charge in [0.2, 0.25) is 0 Å². The first-order valence-corrected chi connectivity index (χ1v) is 8.25. The Balaban J connectivity index is 1.83. The van der Waals surface area contributed by atoms with Crippen LogP contribution in [0.5, 0.6) is 5.75 Å². The van der Waals surface area contributed by atoms with Gasteiger partial charge in [-0.3, -0.25) is 9.78 Å². The van der Waals surface area contributed by atoms with Crippen LogP contribution in [0.15, 0.2) is 54.7 Å². The Morgan fingerprint density at radius 3 is 2.36 bits per heavy atom. The molecule has 0 fully saturated rings. The highest BCUT2D eigenvalue weighted by atomic mass is 16.5. The van der Waals surface area contributed by atoms with E-state index in [1.54, 1.807) is 7.11 Å². The number of methoxy groups -OCH3 is 1. The van der Waals surface area contributed by atoms with Gasteiger partial charge in [-0.05, 0) is 35.7 Å². The summed E-state index contributed by atoms with van der Waals surface area (Å²) in [7, 11) is 1.63. The van der Waals surface area contributed by atoms with E-state index in [2.05, 4.69) is 29.1 Å². The van der Waals surface area contributed by atoms with Crippen LogP contribution in [-0.2, 0) is 0 Å². The van der Waals surface area contributed by atoms with E-state index >= 15 is 0 Å². The van der Waals surface area contributed by atoms with E-state index in [9.17, 15) is 4.79 Å². The van der Waals surface area contributed by atoms with Crippen molar-refractivity contribution in [2.24, 2.45) is 5.92 Å². The molecule has 1 unspecified atom stereocenters. The number of fused-ring (bicyclic) bond motifs is 1. The molecule has 128 valence electrons. The summed E-state index contributed by atoms with van der Waals surface area (Å²) in [5.41, 5.74) is 2.83. The second-order valence-electron chi connectivity index (χ2n) is 6.21. The standard InChI is InChI=1S/C20H21N3O2/c1-13(2)19(14-8-10-15(25-3)11-9-14)23-20(24)18-12-21-16-6-4-5-7-17(16)22-18/h4-13,19H,1-3H3,(H,23,24). The third-order valence-corrected chi connectivity index (χ3v) is 4.11. The largest absolute Gasteiger partial charge is 0.497 e. The van der Waals surface area contributed by atoms with E-state index in [1.165, 1.54) is 6.20 Å². The van der Waals surface area contributed by atoms with Crippen molar-refractivity contribution in [2.75, 3.05) is 7.11 Å². The molecule has 5 heteroatoms. The summed E-state index contributed by atoms with van der Waals surface area (Å²) in [6, 6.07) is 15.1. The Labute approximate surface area is 147 Å². The molecule has 3 aromatic rings. The predicted octanol–water partition coefficient (Wildman–Crippen LogP) is 3.77. The molecule has 1 atom stereocenters. The monoisotopic (exact) mass is 335 g/mol. The van der Waals surface area contributed by atoms with Gasteiger partial charge < -0.3 is 10.1 Å². The van der Waals surface area contributed by atoms with Gasteiger partial charge in [-0.15, -0.1) is 0 Å². The van der Waals surface area contributed by atoms with Crippen LogP contribution >= 0.6 is 0 Å². The average Bonchev–Trinajstić information content (AvgIpc) is 2.65. The maximum atomic E-state index is 12.7. The molecular formula is C20H21N3O2. The summed E-state index contributed by atoms with van der Waals surface area (Å²) in [4.78, 5) is 21.4. The van der Waals surface area contributed by atoms with Crippen LogP contribution in [0.3, 0.4) is 0 Å². The van der Waals surface area contributed by atoms with Crippen LogP contribution < -0.4 is 10.1 Å². The lowest BCUT2D eigenvalue weighted by Crippen LogP contribution is -2.32. The number of aromatic nitrogens is 2. The minimum atomic E-state index is -0.229. The molecule has 25 heavy (non-hydrogen) atoms. The van der Waals surface area contributed by atoms with Crippen LogP contribution in [-0.4, -0.2) is 23.0 Å². The van der Waals surface area contributed by atoms with Gasteiger partial charge in [0.1, 0.15) is 11.4 Å². The molecule has 2 aromatic carbocycles. The van der Waals surface area contributed by atoms with Gasteiger partial charge in [-0.25, -0.2) is 4.98 Å². The van der Waals surface area contributed by atoms with Crippen LogP contribution in [0.25, 0.3) is 11.0 Å². The van der Waals surface area contributed by atoms with Gasteiger partial charge in [0.15, 0.2) is 0 Å². The highest BCUT2D eigenvalue weighted by molar-refractivity contribution is 5.94. The SMILES string of the molecule is COc1ccc(C(NC(=O)c2cnc3ccccc3n2)C(C)C)cc1. The number of nitrogens with one attached hydrogen (secondary N) is 1. The van der Waals surface area contributed by atoms with Gasteiger partial charge in [0, 0.05) is 0 Å². The first-order valence-electron chi connectivity index (χ1n) is 8.25. The van der Waals surface area contributed by atoms with Crippen LogP contribution in [0.2, 0.25) is 0 Å². The van der Waals surface area contributed by atoms with E-state index in [0.29, 0.717) is 11.2 Å². The smallest absolute Gasteiger partial charge is 0.271 e. The fourth-order valence-electron chi connectivity index (χ4n) is 2.73. The summed E-state index contributed by atoms with van der Waals surface area (Å²) < 4.78 is 5.20. The molecule has 0 bridgehead atoms. The van der Waals surface area contributed by atoms with Crippen molar-refractivity contribution in [3.63, 3.8) is 0 Å². The zero-order valence-electron chi connectivity index (χ0n) is 14.6. The first kappa shape index (κ1) is 16.9. The van der Waals surface area contributed by atoms with Crippen molar-refractivity contribution in [1.29, 1.82) is 0 Å². The lowest BCUT2D eigenvalue weighted by atomic mass is 9.96. The van der Waals surface area contributed by atoms with Crippen LogP contribution in [0, 0.1) is 5.92 Å². The number of carbonyl (C=O) groups is 1. The summed E-state index contributed by atoms with van der Waals surface area (Å²) in [6.45, 7) is 4.14. The summed E-state index contributed by atoms with van der Waals surface area (Å²) in [5.74, 6) is 0.788. The van der Waals surface area contributed by atoms with Gasteiger partial charge >= 0.3 is 0 Å². The predicted molar refractivity (Wildman–Crippen MR) is 97.6 cm³/mol. The summed E-state index contributed by atoms with van der Waals surface area (Å²) >= 11 is 0. The van der Waals surface area contributed by atoms with Crippen molar-refractivity contribution >= 4 is 16.9 Å². The molecule has 1 N–H and O–H groups in total. The number of ether oxygens (including phenoxy) is 1. The van der Waals surface area contributed by atoms with E-state index in [-0.39, 0.29) is 17.9 Å². The topological polar surface area (TPSA) is 64.1 Å². The first-order chi connectivity index (χ1) is 12.1. The number of rotatable bonds is 5. The highest BCUT2D eigenvalue weighted by Crippen LogP contribution is 2.24. The van der Waals surface area contributed by atoms with Crippen molar-refractivity contribution < 1.29 is 9.53 Å². The molecule has 0 saturated carbocycles. The number of carbonyl (C=O) groups excluding carboxylic acids is 1. The fourth-order valence-corrected chi connectivity index (χ4v) is 2.73. The number of hydrogen-bond donors (Lipinski definition) is 1. The number of amides is 1. The summed E-state index contributed by atoms with van der Waals surface area (Å²) in [5, 5.41) is 3.07. The molecule has 0 saturated heterocycles. The Kier molecular flexibility index (Phi) is 4.93. The number of nitrogens with zero attached hydrogens (tertiary/aromatic N) is 2. The molecule has 0 radical (unpaired) electrons. The normalized spacial score (nSPS) is 12.2. The second-order valence-corrected chi connectivity index (χ2v) is 6.21. The molecule has 0 aliphatic rings. The molecule has 0 aliphatic heterocycles. The van der Waals surface area contributed by atoms with Gasteiger partial charge in [-0.1, -0.05) is 38.1 Å². The quantitative estimate of drug-likeness (QED) is 0.771. The van der Waals surface area contributed by atoms with Crippen molar-refractivity contribution in [2.45, 2.75) is 19.9 Å². The Morgan fingerprint density at radius 2 is 1.72 bits per heavy atom. The minimum Gasteiger partial charge on any atom is -0.497 e. The molecule has 0 aliphatic carbocycles. The van der Waals surface area contributed by atoms with E-state index in [4.69, 9.17) is 4.74 Å². The molecule has 0 spiro atoms. The molecular weight excluding hydrogens is 314 g/mol. The molecule has 1 amide bonds. The lowest BCUT2D eigenvalue weighted by molar-refractivity contribution is 0.0920. The minimum absolute atomic E-state index is 0.119. The van der Waals surface area contributed by atoms with Crippen LogP contribution in [0.1, 0.15) is 35.9 Å². The van der Waals surface area contributed by atoms with E-state index in [0.717, 1.165) is 16.8 Å². The van der Waals surface area contributed by atoms with Gasteiger partial charge in [0.25, 0.3) is 5.91 Å². The molecule has 1 aromatic heterocycles. The van der Waals surface area contributed by atoms with E-state index in [1.807, 2.05) is 48.5 Å². The van der Waals surface area contributed by atoms with Crippen molar-refractivity contribution in [1.82, 2.24) is 15.3 Å². The zero-order valence-corrected chi connectivity index (χ0v) is 14.6. The number of para-hydroxylation sites is 2. The third-order valence-electron chi connectivity index (χ3n) is 4.11. The Bertz CT molecular complexity index is 876. The number of benzene rings is 2. The third kappa shape index (κ3) is 3.76. The second kappa shape index (κ2) is 7.30. The molecule has 3 rings (SSSR count). The van der Waals surface area contributed by atoms with Crippen LogP contribution in [0.4, 0.5) is 0 Å². The Morgan fingerprint density at radius 1 is 1.04 bits per heavy atom. The maximum absolute atomic E-state index is 12.7. The molecule has 1 heterocycles.